The van der Waals surface area contributed by atoms with Gasteiger partial charge in [0.25, 0.3) is 0 Å². The van der Waals surface area contributed by atoms with Crippen molar-refractivity contribution in [2.45, 2.75) is 63.8 Å². The molecule has 0 aromatic heterocycles. The highest BCUT2D eigenvalue weighted by Gasteiger charge is 2.34. The van der Waals surface area contributed by atoms with Gasteiger partial charge in [-0.25, -0.2) is 0 Å². The third-order valence-corrected chi connectivity index (χ3v) is 4.38. The van der Waals surface area contributed by atoms with Crippen LogP contribution >= 0.6 is 0 Å². The Hall–Kier alpha value is -2.45. The van der Waals surface area contributed by atoms with E-state index in [1.54, 1.807) is 19.1 Å². The first-order valence-electron chi connectivity index (χ1n) is 8.87. The molecular weight excluding hydrogens is 350 g/mol. The number of hydrogen-bond acceptors (Lipinski definition) is 6. The molecule has 0 aliphatic rings. The van der Waals surface area contributed by atoms with Crippen LogP contribution in [0.3, 0.4) is 0 Å². The average molecular weight is 379 g/mol. The van der Waals surface area contributed by atoms with Gasteiger partial charge >= 0.3 is 0 Å². The summed E-state index contributed by atoms with van der Waals surface area (Å²) in [7, 11) is 0. The number of carbonyl (C=O) groups excluding carboxylic acids is 3. The van der Waals surface area contributed by atoms with Crippen LogP contribution in [0, 0.1) is 0 Å². The highest BCUT2D eigenvalue weighted by atomic mass is 16.3. The molecule has 8 heteroatoms. The molecule has 1 rings (SSSR count). The van der Waals surface area contributed by atoms with Crippen LogP contribution in [0.2, 0.25) is 0 Å². The van der Waals surface area contributed by atoms with Crippen LogP contribution < -0.4 is 16.4 Å². The molecule has 2 unspecified atom stereocenters. The SMILES string of the molecule is C[C@H](N)C(=O)N[C@@H](C)C(=O)NC(Cc1ccc(O)cc1)C(C)(O)CCC=O. The third-order valence-electron chi connectivity index (χ3n) is 4.38. The molecule has 150 valence electrons. The number of aromatic hydroxyl groups is 1. The Kier molecular flexibility index (Phi) is 8.39. The molecule has 0 radical (unpaired) electrons. The topological polar surface area (TPSA) is 142 Å². The fraction of sp³-hybridized carbons (Fsp3) is 0.526. The maximum atomic E-state index is 12.5. The molecule has 6 N–H and O–H groups in total. The van der Waals surface area contributed by atoms with Crippen LogP contribution in [0.15, 0.2) is 24.3 Å². The smallest absolute Gasteiger partial charge is 0.242 e. The average Bonchev–Trinajstić information content (AvgIpc) is 2.60. The van der Waals surface area contributed by atoms with E-state index < -0.39 is 35.5 Å². The van der Waals surface area contributed by atoms with Crippen molar-refractivity contribution in [1.29, 1.82) is 0 Å². The first-order chi connectivity index (χ1) is 12.6. The zero-order valence-corrected chi connectivity index (χ0v) is 15.9. The zero-order valence-electron chi connectivity index (χ0n) is 15.9. The van der Waals surface area contributed by atoms with E-state index in [4.69, 9.17) is 5.73 Å². The van der Waals surface area contributed by atoms with E-state index in [9.17, 15) is 24.6 Å². The number of phenols is 1. The first-order valence-corrected chi connectivity index (χ1v) is 8.87. The van der Waals surface area contributed by atoms with Crippen molar-refractivity contribution < 1.29 is 24.6 Å². The quantitative estimate of drug-likeness (QED) is 0.362. The first kappa shape index (κ1) is 22.6. The van der Waals surface area contributed by atoms with Gasteiger partial charge in [0.15, 0.2) is 0 Å². The number of benzene rings is 1. The zero-order chi connectivity index (χ0) is 20.6. The van der Waals surface area contributed by atoms with Crippen LogP contribution in [-0.2, 0) is 20.8 Å². The van der Waals surface area contributed by atoms with Gasteiger partial charge in [-0.15, -0.1) is 0 Å². The maximum absolute atomic E-state index is 12.5. The molecule has 27 heavy (non-hydrogen) atoms. The second-order valence-electron chi connectivity index (χ2n) is 7.01. The Bertz CT molecular complexity index is 643. The van der Waals surface area contributed by atoms with Crippen LogP contribution in [0.4, 0.5) is 0 Å². The summed E-state index contributed by atoms with van der Waals surface area (Å²) in [6.07, 6.45) is 1.30. The van der Waals surface area contributed by atoms with Crippen LogP contribution in [0.5, 0.6) is 5.75 Å². The molecule has 8 nitrogen and oxygen atoms in total. The fourth-order valence-electron chi connectivity index (χ4n) is 2.53. The molecule has 0 aliphatic heterocycles. The fourth-order valence-corrected chi connectivity index (χ4v) is 2.53. The normalized spacial score (nSPS) is 16.5. The summed E-state index contributed by atoms with van der Waals surface area (Å²) in [5, 5.41) is 25.5. The van der Waals surface area contributed by atoms with Gasteiger partial charge in [-0.3, -0.25) is 9.59 Å². The maximum Gasteiger partial charge on any atom is 0.242 e. The van der Waals surface area contributed by atoms with Gasteiger partial charge in [0.1, 0.15) is 18.1 Å². The predicted octanol–water partition coefficient (Wildman–Crippen LogP) is 0.00150. The van der Waals surface area contributed by atoms with Crippen molar-refractivity contribution in [1.82, 2.24) is 10.6 Å². The van der Waals surface area contributed by atoms with E-state index in [2.05, 4.69) is 10.6 Å². The van der Waals surface area contributed by atoms with Crippen molar-refractivity contribution in [3.8, 4) is 5.75 Å². The van der Waals surface area contributed by atoms with E-state index >= 15 is 0 Å². The van der Waals surface area contributed by atoms with Crippen LogP contribution in [0.25, 0.3) is 0 Å². The minimum absolute atomic E-state index is 0.110. The molecule has 1 aromatic carbocycles. The summed E-state index contributed by atoms with van der Waals surface area (Å²) in [6, 6.07) is 4.11. The Morgan fingerprint density at radius 1 is 1.19 bits per heavy atom. The number of aldehydes is 1. The lowest BCUT2D eigenvalue weighted by atomic mass is 9.86. The molecule has 4 atom stereocenters. The number of aliphatic hydroxyl groups is 1. The number of nitrogens with one attached hydrogen (secondary N) is 2. The minimum atomic E-state index is -1.35. The van der Waals surface area contributed by atoms with E-state index in [-0.39, 0.29) is 25.0 Å². The van der Waals surface area contributed by atoms with Crippen LogP contribution in [-0.4, -0.2) is 52.0 Å². The second kappa shape index (κ2) is 10.0. The summed E-state index contributed by atoms with van der Waals surface area (Å²) in [6.45, 7) is 4.58. The van der Waals surface area contributed by atoms with Crippen molar-refractivity contribution >= 4 is 18.1 Å². The van der Waals surface area contributed by atoms with Crippen molar-refractivity contribution in [2.24, 2.45) is 5.73 Å². The molecule has 0 fully saturated rings. The molecular formula is C19H29N3O5. The Morgan fingerprint density at radius 3 is 2.30 bits per heavy atom. The molecule has 0 spiro atoms. The number of hydrogen-bond donors (Lipinski definition) is 5. The van der Waals surface area contributed by atoms with E-state index in [0.29, 0.717) is 6.29 Å². The summed E-state index contributed by atoms with van der Waals surface area (Å²) >= 11 is 0. The largest absolute Gasteiger partial charge is 0.508 e. The van der Waals surface area contributed by atoms with E-state index in [0.717, 1.165) is 5.56 Å². The minimum Gasteiger partial charge on any atom is -0.508 e. The summed E-state index contributed by atoms with van der Waals surface area (Å²) in [5.74, 6) is -0.820. The Morgan fingerprint density at radius 2 is 1.78 bits per heavy atom. The summed E-state index contributed by atoms with van der Waals surface area (Å²) in [5.41, 5.74) is 4.93. The van der Waals surface area contributed by atoms with Gasteiger partial charge in [-0.05, 0) is 51.3 Å². The second-order valence-corrected chi connectivity index (χ2v) is 7.01. The molecule has 0 bridgehead atoms. The third kappa shape index (κ3) is 7.36. The number of rotatable bonds is 10. The van der Waals surface area contributed by atoms with Crippen LogP contribution in [0.1, 0.15) is 39.2 Å². The number of amides is 2. The summed E-state index contributed by atoms with van der Waals surface area (Å²) < 4.78 is 0. The van der Waals surface area contributed by atoms with E-state index in [1.807, 2.05) is 0 Å². The van der Waals surface area contributed by atoms with Gasteiger partial charge in [0.2, 0.25) is 11.8 Å². The van der Waals surface area contributed by atoms with Gasteiger partial charge in [0.05, 0.1) is 17.7 Å². The van der Waals surface area contributed by atoms with Gasteiger partial charge in [-0.1, -0.05) is 12.1 Å². The Labute approximate surface area is 159 Å². The molecule has 0 saturated heterocycles. The van der Waals surface area contributed by atoms with Crippen molar-refractivity contribution in [3.63, 3.8) is 0 Å². The Balaban J connectivity index is 2.92. The highest BCUT2D eigenvalue weighted by Crippen LogP contribution is 2.21. The van der Waals surface area contributed by atoms with E-state index in [1.165, 1.54) is 26.0 Å². The lowest BCUT2D eigenvalue weighted by Crippen LogP contribution is -2.57. The van der Waals surface area contributed by atoms with Crippen molar-refractivity contribution in [3.05, 3.63) is 29.8 Å². The molecule has 1 aromatic rings. The number of phenolic OH excluding ortho intramolecular Hbond substituents is 1. The van der Waals surface area contributed by atoms with Crippen molar-refractivity contribution in [2.75, 3.05) is 0 Å². The predicted molar refractivity (Wildman–Crippen MR) is 101 cm³/mol. The summed E-state index contributed by atoms with van der Waals surface area (Å²) in [4.78, 5) is 34.9. The monoisotopic (exact) mass is 379 g/mol. The standard InChI is InChI=1S/C19H29N3O5/c1-12(20)17(25)21-13(2)18(26)22-16(19(3,27)9-4-10-23)11-14-5-7-15(24)8-6-14/h5-8,10,12-13,16,24,27H,4,9,11,20H2,1-3H3,(H,21,25)(H,22,26)/t12-,13-,16?,19?/m0/s1. The van der Waals surface area contributed by atoms with Gasteiger partial charge < -0.3 is 31.4 Å². The lowest BCUT2D eigenvalue weighted by Gasteiger charge is -2.34. The van der Waals surface area contributed by atoms with Gasteiger partial charge in [0, 0.05) is 6.42 Å². The highest BCUT2D eigenvalue weighted by molar-refractivity contribution is 5.89. The van der Waals surface area contributed by atoms with Gasteiger partial charge in [-0.2, -0.15) is 0 Å². The number of carbonyl (C=O) groups is 3. The number of nitrogens with two attached hydrogens (primary N) is 1. The molecule has 0 aliphatic carbocycles. The molecule has 0 heterocycles. The molecule has 2 amide bonds. The lowest BCUT2D eigenvalue weighted by molar-refractivity contribution is -0.130. The molecule has 0 saturated carbocycles.